The lowest BCUT2D eigenvalue weighted by molar-refractivity contribution is 0.120. The molecule has 0 aromatic heterocycles. The van der Waals surface area contributed by atoms with E-state index in [9.17, 15) is 0 Å². The Kier molecular flexibility index (Phi) is 3.81. The molecule has 1 heterocycles. The average molecular weight is 246 g/mol. The maximum absolute atomic E-state index is 5.80. The van der Waals surface area contributed by atoms with E-state index in [1.54, 1.807) is 0 Å². The minimum atomic E-state index is 0.748. The second-order valence-electron chi connectivity index (χ2n) is 5.31. The fourth-order valence-electron chi connectivity index (χ4n) is 2.79. The first-order chi connectivity index (χ1) is 8.93. The van der Waals surface area contributed by atoms with E-state index >= 15 is 0 Å². The van der Waals surface area contributed by atoms with Crippen LogP contribution in [0.2, 0.25) is 0 Å². The van der Waals surface area contributed by atoms with Gasteiger partial charge in [-0.05, 0) is 30.9 Å². The van der Waals surface area contributed by atoms with Crippen molar-refractivity contribution in [2.45, 2.75) is 18.9 Å². The lowest BCUT2D eigenvalue weighted by atomic mass is 10.1. The molecule has 3 nitrogen and oxygen atoms in total. The molecule has 0 bridgehead atoms. The van der Waals surface area contributed by atoms with Gasteiger partial charge in [0, 0.05) is 32.2 Å². The van der Waals surface area contributed by atoms with Crippen molar-refractivity contribution in [2.24, 2.45) is 5.92 Å². The molecule has 98 valence electrons. The standard InChI is InChI=1S/C15H22N2O/c1-2-4-14(5-3-1)18-11-10-17-9-8-16-12-15(17)13-6-7-13/h1-5,13,15-16H,6-12H2. The number of benzene rings is 1. The molecule has 1 unspecified atom stereocenters. The Morgan fingerprint density at radius 3 is 2.83 bits per heavy atom. The first-order valence-corrected chi connectivity index (χ1v) is 7.06. The maximum Gasteiger partial charge on any atom is 0.119 e. The van der Waals surface area contributed by atoms with Gasteiger partial charge in [0.15, 0.2) is 0 Å². The van der Waals surface area contributed by atoms with Crippen LogP contribution in [0, 0.1) is 5.92 Å². The van der Waals surface area contributed by atoms with Crippen LogP contribution in [0.15, 0.2) is 30.3 Å². The van der Waals surface area contributed by atoms with Gasteiger partial charge in [0.1, 0.15) is 12.4 Å². The molecule has 2 fully saturated rings. The number of para-hydroxylation sites is 1. The predicted molar refractivity (Wildman–Crippen MR) is 72.9 cm³/mol. The van der Waals surface area contributed by atoms with E-state index in [0.29, 0.717) is 0 Å². The number of rotatable bonds is 5. The molecule has 2 aliphatic rings. The van der Waals surface area contributed by atoms with Gasteiger partial charge in [-0.1, -0.05) is 18.2 Å². The van der Waals surface area contributed by atoms with Gasteiger partial charge >= 0.3 is 0 Å². The van der Waals surface area contributed by atoms with E-state index in [1.807, 2.05) is 30.3 Å². The minimum Gasteiger partial charge on any atom is -0.492 e. The van der Waals surface area contributed by atoms with Crippen LogP contribution in [-0.2, 0) is 0 Å². The number of hydrogen-bond acceptors (Lipinski definition) is 3. The smallest absolute Gasteiger partial charge is 0.119 e. The van der Waals surface area contributed by atoms with Gasteiger partial charge in [-0.3, -0.25) is 4.90 Å². The van der Waals surface area contributed by atoms with Crippen molar-refractivity contribution in [3.63, 3.8) is 0 Å². The van der Waals surface area contributed by atoms with E-state index in [0.717, 1.165) is 44.0 Å². The first kappa shape index (κ1) is 12.0. The number of nitrogens with one attached hydrogen (secondary N) is 1. The van der Waals surface area contributed by atoms with Gasteiger partial charge < -0.3 is 10.1 Å². The van der Waals surface area contributed by atoms with Crippen molar-refractivity contribution in [1.29, 1.82) is 0 Å². The Bertz CT molecular complexity index is 364. The molecule has 1 saturated carbocycles. The highest BCUT2D eigenvalue weighted by molar-refractivity contribution is 5.20. The number of nitrogens with zero attached hydrogens (tertiary/aromatic N) is 1. The molecule has 0 spiro atoms. The Morgan fingerprint density at radius 1 is 1.22 bits per heavy atom. The molecule has 0 radical (unpaired) electrons. The molecule has 1 aromatic rings. The van der Waals surface area contributed by atoms with E-state index in [4.69, 9.17) is 4.74 Å². The predicted octanol–water partition coefficient (Wildman–Crippen LogP) is 1.75. The second-order valence-corrected chi connectivity index (χ2v) is 5.31. The zero-order valence-corrected chi connectivity index (χ0v) is 10.8. The normalized spacial score (nSPS) is 25.0. The van der Waals surface area contributed by atoms with E-state index in [-0.39, 0.29) is 0 Å². The Labute approximate surface area is 109 Å². The van der Waals surface area contributed by atoms with Crippen LogP contribution >= 0.6 is 0 Å². The third-order valence-corrected chi connectivity index (χ3v) is 3.95. The third-order valence-electron chi connectivity index (χ3n) is 3.95. The summed E-state index contributed by atoms with van der Waals surface area (Å²) in [4.78, 5) is 2.61. The highest BCUT2D eigenvalue weighted by atomic mass is 16.5. The van der Waals surface area contributed by atoms with Crippen molar-refractivity contribution in [3.05, 3.63) is 30.3 Å². The second kappa shape index (κ2) is 5.72. The number of ether oxygens (including phenoxy) is 1. The quantitative estimate of drug-likeness (QED) is 0.856. The molecular weight excluding hydrogens is 224 g/mol. The average Bonchev–Trinajstić information content (AvgIpc) is 3.25. The summed E-state index contributed by atoms with van der Waals surface area (Å²) in [6.07, 6.45) is 2.84. The summed E-state index contributed by atoms with van der Waals surface area (Å²) in [6, 6.07) is 10.9. The summed E-state index contributed by atoms with van der Waals surface area (Å²) in [7, 11) is 0. The fraction of sp³-hybridized carbons (Fsp3) is 0.600. The molecule has 1 aromatic carbocycles. The van der Waals surface area contributed by atoms with Gasteiger partial charge in [0.2, 0.25) is 0 Å². The van der Waals surface area contributed by atoms with Crippen molar-refractivity contribution in [1.82, 2.24) is 10.2 Å². The highest BCUT2D eigenvalue weighted by Gasteiger charge is 2.36. The van der Waals surface area contributed by atoms with Gasteiger partial charge in [-0.15, -0.1) is 0 Å². The van der Waals surface area contributed by atoms with Gasteiger partial charge in [0.25, 0.3) is 0 Å². The monoisotopic (exact) mass is 246 g/mol. The molecule has 1 aliphatic heterocycles. The summed E-state index contributed by atoms with van der Waals surface area (Å²) >= 11 is 0. The Morgan fingerprint density at radius 2 is 2.06 bits per heavy atom. The number of hydrogen-bond donors (Lipinski definition) is 1. The highest BCUT2D eigenvalue weighted by Crippen LogP contribution is 2.35. The van der Waals surface area contributed by atoms with Crippen molar-refractivity contribution >= 4 is 0 Å². The molecule has 1 N–H and O–H groups in total. The molecule has 0 amide bonds. The van der Waals surface area contributed by atoms with E-state index in [1.165, 1.54) is 19.4 Å². The maximum atomic E-state index is 5.80. The topological polar surface area (TPSA) is 24.5 Å². The van der Waals surface area contributed by atoms with Crippen LogP contribution in [0.25, 0.3) is 0 Å². The molecule has 1 atom stereocenters. The number of piperazine rings is 1. The van der Waals surface area contributed by atoms with Gasteiger partial charge in [0.05, 0.1) is 0 Å². The van der Waals surface area contributed by atoms with Crippen LogP contribution < -0.4 is 10.1 Å². The zero-order chi connectivity index (χ0) is 12.2. The van der Waals surface area contributed by atoms with Crippen molar-refractivity contribution < 1.29 is 4.74 Å². The third kappa shape index (κ3) is 3.03. The summed E-state index contributed by atoms with van der Waals surface area (Å²) in [6.45, 7) is 5.30. The Hall–Kier alpha value is -1.06. The van der Waals surface area contributed by atoms with Crippen molar-refractivity contribution in [3.8, 4) is 5.75 Å². The molecule has 1 saturated heterocycles. The largest absolute Gasteiger partial charge is 0.492 e. The van der Waals surface area contributed by atoms with E-state index in [2.05, 4.69) is 10.2 Å². The SMILES string of the molecule is c1ccc(OCCN2CCNCC2C2CC2)cc1. The van der Waals surface area contributed by atoms with Crippen molar-refractivity contribution in [2.75, 3.05) is 32.8 Å². The van der Waals surface area contributed by atoms with Crippen LogP contribution in [-0.4, -0.2) is 43.7 Å². The van der Waals surface area contributed by atoms with Crippen LogP contribution in [0.5, 0.6) is 5.75 Å². The van der Waals surface area contributed by atoms with E-state index < -0.39 is 0 Å². The van der Waals surface area contributed by atoms with Crippen LogP contribution in [0.3, 0.4) is 0 Å². The zero-order valence-electron chi connectivity index (χ0n) is 10.8. The van der Waals surface area contributed by atoms with Crippen LogP contribution in [0.1, 0.15) is 12.8 Å². The molecule has 1 aliphatic carbocycles. The molecule has 3 heteroatoms. The fourth-order valence-corrected chi connectivity index (χ4v) is 2.79. The lowest BCUT2D eigenvalue weighted by Gasteiger charge is -2.36. The van der Waals surface area contributed by atoms with Crippen LogP contribution in [0.4, 0.5) is 0 Å². The molecular formula is C15H22N2O. The molecule has 18 heavy (non-hydrogen) atoms. The summed E-state index contributed by atoms with van der Waals surface area (Å²) in [5, 5.41) is 3.51. The minimum absolute atomic E-state index is 0.748. The lowest BCUT2D eigenvalue weighted by Crippen LogP contribution is -2.53. The Balaban J connectivity index is 1.46. The summed E-state index contributed by atoms with van der Waals surface area (Å²) in [5.74, 6) is 1.92. The molecule has 3 rings (SSSR count). The summed E-state index contributed by atoms with van der Waals surface area (Å²) < 4.78 is 5.80. The van der Waals surface area contributed by atoms with Gasteiger partial charge in [-0.25, -0.2) is 0 Å². The van der Waals surface area contributed by atoms with Gasteiger partial charge in [-0.2, -0.15) is 0 Å². The first-order valence-electron chi connectivity index (χ1n) is 7.06. The summed E-state index contributed by atoms with van der Waals surface area (Å²) in [5.41, 5.74) is 0.